The van der Waals surface area contributed by atoms with Gasteiger partial charge in [-0.15, -0.1) is 0 Å². The first-order valence-corrected chi connectivity index (χ1v) is 9.44. The number of rotatable bonds is 4. The largest absolute Gasteiger partial charge is 0.322 e. The molecule has 26 heavy (non-hydrogen) atoms. The van der Waals surface area contributed by atoms with Crippen molar-refractivity contribution in [3.63, 3.8) is 0 Å². The molecule has 0 amide bonds. The van der Waals surface area contributed by atoms with Gasteiger partial charge < -0.3 is 4.57 Å². The lowest BCUT2D eigenvalue weighted by Crippen LogP contribution is -1.94. The quantitative estimate of drug-likeness (QED) is 0.413. The predicted molar refractivity (Wildman–Crippen MR) is 108 cm³/mol. The molecule has 0 bridgehead atoms. The standard InChI is InChI=1S/C22H16ClN2S/c1-25-21(17-10-6-3-7-11-17)24-20(16-8-4-2-5-9-16)22(25)26-19-14-12-18(23)13-15-19/h3-15H,1H3. The van der Waals surface area contributed by atoms with Crippen molar-refractivity contribution >= 4 is 23.4 Å². The van der Waals surface area contributed by atoms with E-state index in [0.29, 0.717) is 0 Å². The second-order valence-electron chi connectivity index (χ2n) is 5.86. The van der Waals surface area contributed by atoms with Crippen LogP contribution >= 0.6 is 23.4 Å². The normalized spacial score (nSPS) is 10.8. The van der Waals surface area contributed by atoms with Crippen LogP contribution in [-0.4, -0.2) is 9.55 Å². The summed E-state index contributed by atoms with van der Waals surface area (Å²) < 4.78 is 2.15. The molecule has 0 N–H and O–H groups in total. The second kappa shape index (κ2) is 7.40. The number of hydrogen-bond donors (Lipinski definition) is 0. The zero-order chi connectivity index (χ0) is 17.9. The van der Waals surface area contributed by atoms with Crippen molar-refractivity contribution < 1.29 is 0 Å². The SMILES string of the molecule is Cn1c(-c2ccccc2)nc(-c2cc[c]cc2)c1Sc1ccc(Cl)cc1. The molecule has 0 aliphatic heterocycles. The monoisotopic (exact) mass is 375 g/mol. The van der Waals surface area contributed by atoms with Crippen LogP contribution in [0.5, 0.6) is 0 Å². The van der Waals surface area contributed by atoms with Crippen molar-refractivity contribution in [2.24, 2.45) is 7.05 Å². The maximum absolute atomic E-state index is 6.03. The fraction of sp³-hybridized carbons (Fsp3) is 0.0455. The molecule has 4 aromatic rings. The Kier molecular flexibility index (Phi) is 4.83. The van der Waals surface area contributed by atoms with Crippen LogP contribution in [0.4, 0.5) is 0 Å². The van der Waals surface area contributed by atoms with Crippen molar-refractivity contribution in [1.82, 2.24) is 9.55 Å². The second-order valence-corrected chi connectivity index (χ2v) is 7.36. The van der Waals surface area contributed by atoms with Crippen LogP contribution in [0.25, 0.3) is 22.6 Å². The lowest BCUT2D eigenvalue weighted by atomic mass is 10.2. The molecule has 0 saturated heterocycles. The number of halogens is 1. The first-order chi connectivity index (χ1) is 12.7. The van der Waals surface area contributed by atoms with Gasteiger partial charge in [0.1, 0.15) is 16.5 Å². The average molecular weight is 376 g/mol. The molecule has 0 atom stereocenters. The molecule has 0 spiro atoms. The molecule has 1 radical (unpaired) electrons. The Morgan fingerprint density at radius 1 is 0.885 bits per heavy atom. The smallest absolute Gasteiger partial charge is 0.141 e. The van der Waals surface area contributed by atoms with Gasteiger partial charge in [-0.2, -0.15) is 0 Å². The molecule has 1 heterocycles. The Labute approximate surface area is 162 Å². The van der Waals surface area contributed by atoms with Crippen molar-refractivity contribution in [1.29, 1.82) is 0 Å². The van der Waals surface area contributed by atoms with E-state index in [1.807, 2.05) is 66.7 Å². The van der Waals surface area contributed by atoms with E-state index in [4.69, 9.17) is 16.6 Å². The van der Waals surface area contributed by atoms with E-state index in [1.165, 1.54) is 0 Å². The average Bonchev–Trinajstić information content (AvgIpc) is 3.01. The maximum Gasteiger partial charge on any atom is 0.141 e. The Bertz CT molecular complexity index is 1010. The first-order valence-electron chi connectivity index (χ1n) is 8.24. The van der Waals surface area contributed by atoms with Crippen LogP contribution in [-0.2, 0) is 7.05 Å². The van der Waals surface area contributed by atoms with Gasteiger partial charge in [0.15, 0.2) is 0 Å². The summed E-state index contributed by atoms with van der Waals surface area (Å²) in [5.74, 6) is 0.949. The lowest BCUT2D eigenvalue weighted by Gasteiger charge is -2.07. The minimum Gasteiger partial charge on any atom is -0.322 e. The lowest BCUT2D eigenvalue weighted by molar-refractivity contribution is 0.835. The van der Waals surface area contributed by atoms with Gasteiger partial charge in [0.25, 0.3) is 0 Å². The molecule has 0 aliphatic rings. The maximum atomic E-state index is 6.03. The third-order valence-corrected chi connectivity index (χ3v) is 5.51. The molecule has 4 heteroatoms. The highest BCUT2D eigenvalue weighted by molar-refractivity contribution is 7.99. The zero-order valence-electron chi connectivity index (χ0n) is 14.2. The van der Waals surface area contributed by atoms with Crippen molar-refractivity contribution in [2.75, 3.05) is 0 Å². The van der Waals surface area contributed by atoms with Crippen LogP contribution in [0.2, 0.25) is 5.02 Å². The fourth-order valence-corrected chi connectivity index (χ4v) is 3.90. The molecular formula is C22H16ClN2S. The molecule has 1 aromatic heterocycles. The van der Waals surface area contributed by atoms with Gasteiger partial charge in [0.05, 0.1) is 0 Å². The number of aromatic nitrogens is 2. The summed E-state index contributed by atoms with van der Waals surface area (Å²) in [4.78, 5) is 6.09. The minimum absolute atomic E-state index is 0.739. The van der Waals surface area contributed by atoms with Crippen LogP contribution in [0.1, 0.15) is 0 Å². The van der Waals surface area contributed by atoms with E-state index in [-0.39, 0.29) is 0 Å². The summed E-state index contributed by atoms with van der Waals surface area (Å²) in [6.07, 6.45) is 0. The van der Waals surface area contributed by atoms with Gasteiger partial charge in [0.2, 0.25) is 0 Å². The Balaban J connectivity index is 1.85. The Hall–Kier alpha value is -2.49. The molecule has 2 nitrogen and oxygen atoms in total. The van der Waals surface area contributed by atoms with E-state index < -0.39 is 0 Å². The highest BCUT2D eigenvalue weighted by atomic mass is 35.5. The third-order valence-electron chi connectivity index (χ3n) is 4.09. The van der Waals surface area contributed by atoms with Crippen LogP contribution in [0, 0.1) is 6.07 Å². The van der Waals surface area contributed by atoms with E-state index in [2.05, 4.69) is 29.8 Å². The Morgan fingerprint density at radius 2 is 1.58 bits per heavy atom. The molecule has 0 aliphatic carbocycles. The summed E-state index contributed by atoms with van der Waals surface area (Å²) in [5, 5.41) is 1.83. The number of nitrogens with zero attached hydrogens (tertiary/aromatic N) is 2. The summed E-state index contributed by atoms with van der Waals surface area (Å²) >= 11 is 7.72. The molecular weight excluding hydrogens is 360 g/mol. The first kappa shape index (κ1) is 17.0. The molecule has 4 rings (SSSR count). The number of benzene rings is 3. The van der Waals surface area contributed by atoms with E-state index in [1.54, 1.807) is 11.8 Å². The van der Waals surface area contributed by atoms with Crippen molar-refractivity contribution in [2.45, 2.75) is 9.92 Å². The highest BCUT2D eigenvalue weighted by Gasteiger charge is 2.18. The van der Waals surface area contributed by atoms with Gasteiger partial charge >= 0.3 is 0 Å². The predicted octanol–water partition coefficient (Wildman–Crippen LogP) is 6.36. The summed E-state index contributed by atoms with van der Waals surface area (Å²) in [7, 11) is 2.06. The van der Waals surface area contributed by atoms with Crippen molar-refractivity contribution in [3.05, 3.63) is 90.0 Å². The molecule has 3 aromatic carbocycles. The topological polar surface area (TPSA) is 17.8 Å². The molecule has 0 fully saturated rings. The van der Waals surface area contributed by atoms with Gasteiger partial charge in [0, 0.05) is 28.1 Å². The van der Waals surface area contributed by atoms with Crippen LogP contribution in [0.3, 0.4) is 0 Å². The number of imidazole rings is 1. The van der Waals surface area contributed by atoms with Gasteiger partial charge in [-0.3, -0.25) is 0 Å². The van der Waals surface area contributed by atoms with Gasteiger partial charge in [-0.1, -0.05) is 78.0 Å². The van der Waals surface area contributed by atoms with Gasteiger partial charge in [-0.25, -0.2) is 4.98 Å². The molecule has 0 saturated carbocycles. The summed E-state index contributed by atoms with van der Waals surface area (Å²) in [5.41, 5.74) is 3.15. The molecule has 127 valence electrons. The molecule has 0 unspecified atom stereocenters. The summed E-state index contributed by atoms with van der Waals surface area (Å²) in [6.45, 7) is 0. The minimum atomic E-state index is 0.739. The summed E-state index contributed by atoms with van der Waals surface area (Å²) in [6, 6.07) is 29.2. The van der Waals surface area contributed by atoms with E-state index in [0.717, 1.165) is 37.6 Å². The third kappa shape index (κ3) is 3.41. The highest BCUT2D eigenvalue weighted by Crippen LogP contribution is 2.38. The van der Waals surface area contributed by atoms with Crippen LogP contribution in [0.15, 0.2) is 88.8 Å². The Morgan fingerprint density at radius 3 is 2.27 bits per heavy atom. The van der Waals surface area contributed by atoms with E-state index >= 15 is 0 Å². The zero-order valence-corrected chi connectivity index (χ0v) is 15.8. The van der Waals surface area contributed by atoms with Crippen LogP contribution < -0.4 is 0 Å². The van der Waals surface area contributed by atoms with Gasteiger partial charge in [-0.05, 0) is 30.3 Å². The fourth-order valence-electron chi connectivity index (χ4n) is 2.79. The van der Waals surface area contributed by atoms with Crippen molar-refractivity contribution in [3.8, 4) is 22.6 Å². The van der Waals surface area contributed by atoms with E-state index in [9.17, 15) is 0 Å². The number of hydrogen-bond acceptors (Lipinski definition) is 2.